The van der Waals surface area contributed by atoms with Crippen LogP contribution in [0.1, 0.15) is 33.6 Å². The van der Waals surface area contributed by atoms with Crippen LogP contribution in [0.25, 0.3) is 0 Å². The molecule has 1 amide bonds. The first-order valence-corrected chi connectivity index (χ1v) is 7.96. The molecule has 1 atom stereocenters. The first-order valence-electron chi connectivity index (χ1n) is 6.81. The molecule has 1 unspecified atom stereocenters. The van der Waals surface area contributed by atoms with Crippen LogP contribution in [0, 0.1) is 0 Å². The summed E-state index contributed by atoms with van der Waals surface area (Å²) in [5.74, 6) is 0.685. The van der Waals surface area contributed by atoms with Gasteiger partial charge in [-0.25, -0.2) is 0 Å². The maximum Gasteiger partial charge on any atom is 0.326 e. The number of ether oxygens (including phenoxy) is 1. The van der Waals surface area contributed by atoms with Crippen LogP contribution in [0.4, 0.5) is 0 Å². The van der Waals surface area contributed by atoms with Crippen molar-refractivity contribution in [1.29, 1.82) is 0 Å². The number of esters is 1. The summed E-state index contributed by atoms with van der Waals surface area (Å²) in [4.78, 5) is 23.4. The standard InChI is InChI=1S/C13H24N2O3S/c1-4-14-11(16)8-19-9-13(3,12(17)18-5-2)15-10-6-7-10/h10,15H,4-9H2,1-3H3,(H,14,16). The summed E-state index contributed by atoms with van der Waals surface area (Å²) in [7, 11) is 0. The molecule has 6 heteroatoms. The number of thioether (sulfide) groups is 1. The Balaban J connectivity index is 2.44. The lowest BCUT2D eigenvalue weighted by Gasteiger charge is -2.28. The van der Waals surface area contributed by atoms with Crippen molar-refractivity contribution in [1.82, 2.24) is 10.6 Å². The van der Waals surface area contributed by atoms with Gasteiger partial charge in [0.25, 0.3) is 0 Å². The second kappa shape index (κ2) is 7.75. The molecule has 1 fully saturated rings. The van der Waals surface area contributed by atoms with E-state index < -0.39 is 5.54 Å². The van der Waals surface area contributed by atoms with Gasteiger partial charge in [0.15, 0.2) is 0 Å². The smallest absolute Gasteiger partial charge is 0.326 e. The number of rotatable bonds is 9. The zero-order valence-electron chi connectivity index (χ0n) is 12.0. The number of amides is 1. The van der Waals surface area contributed by atoms with Gasteiger partial charge in [-0.05, 0) is 33.6 Å². The van der Waals surface area contributed by atoms with Crippen LogP contribution in [0.5, 0.6) is 0 Å². The van der Waals surface area contributed by atoms with E-state index in [2.05, 4.69) is 10.6 Å². The maximum absolute atomic E-state index is 12.0. The zero-order valence-corrected chi connectivity index (χ0v) is 12.8. The number of carbonyl (C=O) groups excluding carboxylic acids is 2. The van der Waals surface area contributed by atoms with Gasteiger partial charge in [0.1, 0.15) is 5.54 Å². The van der Waals surface area contributed by atoms with Crippen molar-refractivity contribution in [3.05, 3.63) is 0 Å². The molecular formula is C13H24N2O3S. The number of hydrogen-bond acceptors (Lipinski definition) is 5. The SMILES string of the molecule is CCNC(=O)CSCC(C)(NC1CC1)C(=O)OCC. The van der Waals surface area contributed by atoms with Crippen LogP contribution < -0.4 is 10.6 Å². The molecule has 1 rings (SSSR count). The Morgan fingerprint density at radius 1 is 1.37 bits per heavy atom. The van der Waals surface area contributed by atoms with E-state index in [1.165, 1.54) is 11.8 Å². The summed E-state index contributed by atoms with van der Waals surface area (Å²) in [5.41, 5.74) is -0.700. The van der Waals surface area contributed by atoms with E-state index in [-0.39, 0.29) is 11.9 Å². The lowest BCUT2D eigenvalue weighted by molar-refractivity contribution is -0.149. The molecule has 0 spiro atoms. The van der Waals surface area contributed by atoms with E-state index in [1.807, 2.05) is 13.8 Å². The van der Waals surface area contributed by atoms with Crippen molar-refractivity contribution >= 4 is 23.6 Å². The molecule has 0 heterocycles. The van der Waals surface area contributed by atoms with E-state index >= 15 is 0 Å². The number of hydrogen-bond donors (Lipinski definition) is 2. The highest BCUT2D eigenvalue weighted by molar-refractivity contribution is 8.00. The van der Waals surface area contributed by atoms with Crippen LogP contribution in [0.15, 0.2) is 0 Å². The van der Waals surface area contributed by atoms with Gasteiger partial charge in [-0.3, -0.25) is 14.9 Å². The first-order chi connectivity index (χ1) is 9.01. The Bertz CT molecular complexity index is 321. The molecule has 5 nitrogen and oxygen atoms in total. The topological polar surface area (TPSA) is 67.4 Å². The monoisotopic (exact) mass is 288 g/mol. The van der Waals surface area contributed by atoms with E-state index in [0.29, 0.717) is 30.7 Å². The average Bonchev–Trinajstić information content (AvgIpc) is 3.13. The molecule has 19 heavy (non-hydrogen) atoms. The summed E-state index contributed by atoms with van der Waals surface area (Å²) in [6.45, 7) is 6.56. The summed E-state index contributed by atoms with van der Waals surface area (Å²) < 4.78 is 5.13. The molecule has 0 bridgehead atoms. The predicted molar refractivity (Wildman–Crippen MR) is 77.2 cm³/mol. The maximum atomic E-state index is 12.0. The Morgan fingerprint density at radius 2 is 2.05 bits per heavy atom. The highest BCUT2D eigenvalue weighted by atomic mass is 32.2. The minimum atomic E-state index is -0.700. The van der Waals surface area contributed by atoms with Crippen molar-refractivity contribution < 1.29 is 14.3 Å². The van der Waals surface area contributed by atoms with E-state index in [4.69, 9.17) is 4.74 Å². The molecule has 0 aromatic heterocycles. The zero-order chi connectivity index (χ0) is 14.3. The van der Waals surface area contributed by atoms with Crippen molar-refractivity contribution in [3.8, 4) is 0 Å². The van der Waals surface area contributed by atoms with E-state index in [9.17, 15) is 9.59 Å². The van der Waals surface area contributed by atoms with Crippen LogP contribution >= 0.6 is 11.8 Å². The number of nitrogens with one attached hydrogen (secondary N) is 2. The third kappa shape index (κ3) is 5.82. The minimum absolute atomic E-state index is 0.00475. The Kier molecular flexibility index (Phi) is 6.65. The van der Waals surface area contributed by atoms with Crippen LogP contribution in [-0.4, -0.2) is 48.1 Å². The summed E-state index contributed by atoms with van der Waals surface area (Å²) >= 11 is 1.46. The highest BCUT2D eigenvalue weighted by Gasteiger charge is 2.39. The molecule has 0 aliphatic heterocycles. The summed E-state index contributed by atoms with van der Waals surface area (Å²) in [6.07, 6.45) is 2.21. The second-order valence-electron chi connectivity index (χ2n) is 4.92. The predicted octanol–water partition coefficient (Wildman–Crippen LogP) is 0.929. The molecule has 0 aromatic carbocycles. The molecule has 1 saturated carbocycles. The average molecular weight is 288 g/mol. The van der Waals surface area contributed by atoms with Gasteiger partial charge < -0.3 is 10.1 Å². The minimum Gasteiger partial charge on any atom is -0.465 e. The van der Waals surface area contributed by atoms with Crippen LogP contribution in [-0.2, 0) is 14.3 Å². The third-order valence-corrected chi connectivity index (χ3v) is 4.07. The van der Waals surface area contributed by atoms with Gasteiger partial charge in [-0.15, -0.1) is 11.8 Å². The van der Waals surface area contributed by atoms with Crippen molar-refractivity contribution in [2.75, 3.05) is 24.7 Å². The fourth-order valence-corrected chi connectivity index (χ4v) is 2.72. The fourth-order valence-electron chi connectivity index (χ4n) is 1.72. The third-order valence-electron chi connectivity index (χ3n) is 2.82. The van der Waals surface area contributed by atoms with Crippen LogP contribution in [0.2, 0.25) is 0 Å². The molecule has 1 aliphatic rings. The van der Waals surface area contributed by atoms with Gasteiger partial charge in [0.2, 0.25) is 5.91 Å². The van der Waals surface area contributed by atoms with Gasteiger partial charge in [-0.2, -0.15) is 0 Å². The molecule has 1 aliphatic carbocycles. The van der Waals surface area contributed by atoms with Gasteiger partial charge in [0, 0.05) is 18.3 Å². The Morgan fingerprint density at radius 3 is 2.58 bits per heavy atom. The molecule has 0 aromatic rings. The Labute approximate surface area is 119 Å². The molecule has 110 valence electrons. The van der Waals surface area contributed by atoms with Crippen molar-refractivity contribution in [3.63, 3.8) is 0 Å². The normalized spacial score (nSPS) is 17.6. The van der Waals surface area contributed by atoms with E-state index in [1.54, 1.807) is 6.92 Å². The van der Waals surface area contributed by atoms with E-state index in [0.717, 1.165) is 12.8 Å². The molecule has 0 saturated heterocycles. The van der Waals surface area contributed by atoms with Gasteiger partial charge in [-0.1, -0.05) is 0 Å². The second-order valence-corrected chi connectivity index (χ2v) is 5.90. The number of carbonyl (C=O) groups is 2. The lowest BCUT2D eigenvalue weighted by Crippen LogP contribution is -2.53. The van der Waals surface area contributed by atoms with Crippen LogP contribution in [0.3, 0.4) is 0 Å². The molecule has 0 radical (unpaired) electrons. The fraction of sp³-hybridized carbons (Fsp3) is 0.846. The quantitative estimate of drug-likeness (QED) is 0.618. The Hall–Kier alpha value is -0.750. The molecular weight excluding hydrogens is 264 g/mol. The summed E-state index contributed by atoms with van der Waals surface area (Å²) in [5, 5.41) is 6.07. The van der Waals surface area contributed by atoms with Gasteiger partial charge >= 0.3 is 5.97 Å². The largest absolute Gasteiger partial charge is 0.465 e. The van der Waals surface area contributed by atoms with Crippen molar-refractivity contribution in [2.24, 2.45) is 0 Å². The van der Waals surface area contributed by atoms with Crippen molar-refractivity contribution in [2.45, 2.75) is 45.2 Å². The molecule has 2 N–H and O–H groups in total. The lowest BCUT2D eigenvalue weighted by atomic mass is 10.1. The first kappa shape index (κ1) is 16.3. The highest BCUT2D eigenvalue weighted by Crippen LogP contribution is 2.25. The summed E-state index contributed by atoms with van der Waals surface area (Å²) in [6, 6.07) is 0.416. The van der Waals surface area contributed by atoms with Gasteiger partial charge in [0.05, 0.1) is 12.4 Å².